The van der Waals surface area contributed by atoms with E-state index in [1.54, 1.807) is 19.3 Å². The number of morpholine rings is 1. The first-order valence-corrected chi connectivity index (χ1v) is 9.24. The number of nitrogen functional groups attached to an aromatic ring is 1. The van der Waals surface area contributed by atoms with E-state index in [-0.39, 0.29) is 35.7 Å². The molecule has 0 bridgehead atoms. The third kappa shape index (κ3) is 3.77. The van der Waals surface area contributed by atoms with Crippen molar-refractivity contribution in [2.45, 2.75) is 6.10 Å². The van der Waals surface area contributed by atoms with Crippen molar-refractivity contribution in [1.82, 2.24) is 19.5 Å². The molecule has 0 saturated carbocycles. The minimum absolute atomic E-state index is 0.102. The summed E-state index contributed by atoms with van der Waals surface area (Å²) in [6.07, 6.45) is 2.15. The van der Waals surface area contributed by atoms with Gasteiger partial charge in [-0.3, -0.25) is 14.2 Å². The summed E-state index contributed by atoms with van der Waals surface area (Å²) in [5.74, 6) is -0.502. The van der Waals surface area contributed by atoms with Crippen LogP contribution in [0.15, 0.2) is 47.7 Å². The number of halogens is 1. The topological polar surface area (TPSA) is 116 Å². The lowest BCUT2D eigenvalue weighted by Gasteiger charge is -2.33. The molecule has 30 heavy (non-hydrogen) atoms. The van der Waals surface area contributed by atoms with E-state index in [4.69, 9.17) is 10.5 Å². The monoisotopic (exact) mass is 410 g/mol. The Hall–Kier alpha value is -3.66. The standard InChI is InChI=1S/C20H19FN6O3/c1-26-18(28)9-16(15-4-5-23-11-24-15)25-20(26)27-6-7-30-17(10-27)19(29)12-2-3-13(21)14(22)8-12/h2-5,8-9,11,17H,6-7,10,22H2,1H3. The fourth-order valence-corrected chi connectivity index (χ4v) is 3.26. The van der Waals surface area contributed by atoms with Crippen LogP contribution in [0, 0.1) is 5.82 Å². The minimum Gasteiger partial charge on any atom is -0.396 e. The Kier molecular flexibility index (Phi) is 5.23. The van der Waals surface area contributed by atoms with Crippen molar-refractivity contribution in [2.75, 3.05) is 30.3 Å². The molecule has 1 aromatic carbocycles. The van der Waals surface area contributed by atoms with E-state index < -0.39 is 11.9 Å². The third-order valence-corrected chi connectivity index (χ3v) is 4.88. The van der Waals surface area contributed by atoms with Gasteiger partial charge in [0, 0.05) is 31.4 Å². The van der Waals surface area contributed by atoms with E-state index in [0.29, 0.717) is 23.9 Å². The van der Waals surface area contributed by atoms with Gasteiger partial charge in [0.2, 0.25) is 5.95 Å². The molecule has 4 rings (SSSR count). The van der Waals surface area contributed by atoms with Crippen molar-refractivity contribution in [3.05, 3.63) is 64.6 Å². The highest BCUT2D eigenvalue weighted by molar-refractivity contribution is 6.00. The van der Waals surface area contributed by atoms with Crippen LogP contribution in [0.4, 0.5) is 16.0 Å². The van der Waals surface area contributed by atoms with Gasteiger partial charge >= 0.3 is 0 Å². The number of carbonyl (C=O) groups is 1. The smallest absolute Gasteiger partial charge is 0.255 e. The second-order valence-electron chi connectivity index (χ2n) is 6.84. The highest BCUT2D eigenvalue weighted by Gasteiger charge is 2.30. The maximum absolute atomic E-state index is 13.4. The molecule has 10 heteroatoms. The number of carbonyl (C=O) groups excluding carboxylic acids is 1. The Labute approximate surface area is 171 Å². The predicted octanol–water partition coefficient (Wildman–Crippen LogP) is 1.05. The van der Waals surface area contributed by atoms with E-state index in [1.165, 1.54) is 29.1 Å². The predicted molar refractivity (Wildman–Crippen MR) is 108 cm³/mol. The molecule has 2 aromatic heterocycles. The van der Waals surface area contributed by atoms with Gasteiger partial charge in [0.25, 0.3) is 5.56 Å². The summed E-state index contributed by atoms with van der Waals surface area (Å²) >= 11 is 0. The maximum Gasteiger partial charge on any atom is 0.255 e. The number of nitrogens with zero attached hydrogens (tertiary/aromatic N) is 5. The molecule has 154 valence electrons. The molecule has 0 aliphatic carbocycles. The molecule has 2 N–H and O–H groups in total. The number of ketones is 1. The molecule has 1 atom stereocenters. The third-order valence-electron chi connectivity index (χ3n) is 4.88. The van der Waals surface area contributed by atoms with Gasteiger partial charge in [0.15, 0.2) is 5.78 Å². The van der Waals surface area contributed by atoms with Gasteiger partial charge in [0.05, 0.1) is 30.2 Å². The molecule has 9 nitrogen and oxygen atoms in total. The average Bonchev–Trinajstić information content (AvgIpc) is 2.77. The largest absolute Gasteiger partial charge is 0.396 e. The molecule has 1 saturated heterocycles. The van der Waals surface area contributed by atoms with Crippen LogP contribution in [-0.2, 0) is 11.8 Å². The van der Waals surface area contributed by atoms with Crippen LogP contribution in [0.2, 0.25) is 0 Å². The lowest BCUT2D eigenvalue weighted by molar-refractivity contribution is 0.0337. The van der Waals surface area contributed by atoms with Crippen molar-refractivity contribution in [3.8, 4) is 11.4 Å². The Balaban J connectivity index is 1.63. The van der Waals surface area contributed by atoms with Crippen LogP contribution in [0.1, 0.15) is 10.4 Å². The first-order valence-electron chi connectivity index (χ1n) is 9.24. The van der Waals surface area contributed by atoms with Gasteiger partial charge in [0.1, 0.15) is 18.2 Å². The summed E-state index contributed by atoms with van der Waals surface area (Å²) in [6, 6.07) is 6.88. The number of Topliss-reactive ketones (excluding diaryl/α,β-unsaturated/α-hetero) is 1. The molecular weight excluding hydrogens is 391 g/mol. The minimum atomic E-state index is -0.803. The second kappa shape index (κ2) is 7.99. The van der Waals surface area contributed by atoms with Crippen LogP contribution in [-0.4, -0.2) is 51.1 Å². The molecule has 1 aliphatic rings. The lowest BCUT2D eigenvalue weighted by atomic mass is 10.0. The van der Waals surface area contributed by atoms with E-state index in [1.807, 2.05) is 4.90 Å². The zero-order chi connectivity index (χ0) is 21.3. The Morgan fingerprint density at radius 1 is 1.27 bits per heavy atom. The normalized spacial score (nSPS) is 16.5. The summed E-state index contributed by atoms with van der Waals surface area (Å²) in [6.45, 7) is 0.896. The van der Waals surface area contributed by atoms with Crippen LogP contribution >= 0.6 is 0 Å². The lowest BCUT2D eigenvalue weighted by Crippen LogP contribution is -2.48. The molecule has 0 spiro atoms. The van der Waals surface area contributed by atoms with Crippen LogP contribution < -0.4 is 16.2 Å². The van der Waals surface area contributed by atoms with Crippen molar-refractivity contribution in [2.24, 2.45) is 7.05 Å². The molecule has 1 fully saturated rings. The first-order chi connectivity index (χ1) is 14.4. The first kappa shape index (κ1) is 19.6. The Morgan fingerprint density at radius 2 is 2.10 bits per heavy atom. The molecule has 1 aliphatic heterocycles. The summed E-state index contributed by atoms with van der Waals surface area (Å²) in [4.78, 5) is 39.7. The SMILES string of the molecule is Cn1c(N2CCOC(C(=O)c3ccc(F)c(N)c3)C2)nc(-c2ccncn2)cc1=O. The number of ether oxygens (including phenoxy) is 1. The molecule has 3 heterocycles. The highest BCUT2D eigenvalue weighted by atomic mass is 19.1. The summed E-state index contributed by atoms with van der Waals surface area (Å²) in [7, 11) is 1.61. The summed E-state index contributed by atoms with van der Waals surface area (Å²) in [5, 5.41) is 0. The van der Waals surface area contributed by atoms with Gasteiger partial charge < -0.3 is 15.4 Å². The van der Waals surface area contributed by atoms with E-state index in [0.717, 1.165) is 6.07 Å². The summed E-state index contributed by atoms with van der Waals surface area (Å²) < 4.78 is 20.5. The second-order valence-corrected chi connectivity index (χ2v) is 6.84. The molecule has 1 unspecified atom stereocenters. The number of anilines is 2. The van der Waals surface area contributed by atoms with Gasteiger partial charge in [-0.05, 0) is 24.3 Å². The number of benzene rings is 1. The number of rotatable bonds is 4. The zero-order valence-corrected chi connectivity index (χ0v) is 16.2. The Bertz CT molecular complexity index is 1150. The van der Waals surface area contributed by atoms with Gasteiger partial charge in [-0.15, -0.1) is 0 Å². The maximum atomic E-state index is 13.4. The van der Waals surface area contributed by atoms with E-state index >= 15 is 0 Å². The zero-order valence-electron chi connectivity index (χ0n) is 16.2. The number of hydrogen-bond donors (Lipinski definition) is 1. The van der Waals surface area contributed by atoms with Gasteiger partial charge in [-0.25, -0.2) is 19.3 Å². The van der Waals surface area contributed by atoms with Crippen molar-refractivity contribution in [3.63, 3.8) is 0 Å². The van der Waals surface area contributed by atoms with Crippen molar-refractivity contribution in [1.29, 1.82) is 0 Å². The van der Waals surface area contributed by atoms with Gasteiger partial charge in [-0.2, -0.15) is 0 Å². The highest BCUT2D eigenvalue weighted by Crippen LogP contribution is 2.21. The average molecular weight is 410 g/mol. The van der Waals surface area contributed by atoms with Crippen molar-refractivity contribution >= 4 is 17.4 Å². The van der Waals surface area contributed by atoms with Crippen LogP contribution in [0.3, 0.4) is 0 Å². The summed E-state index contributed by atoms with van der Waals surface area (Å²) in [5.41, 5.74) is 6.42. The van der Waals surface area contributed by atoms with Gasteiger partial charge in [-0.1, -0.05) is 0 Å². The molecular formula is C20H19FN6O3. The van der Waals surface area contributed by atoms with E-state index in [9.17, 15) is 14.0 Å². The molecule has 0 amide bonds. The fourth-order valence-electron chi connectivity index (χ4n) is 3.26. The van der Waals surface area contributed by atoms with Crippen LogP contribution in [0.25, 0.3) is 11.4 Å². The Morgan fingerprint density at radius 3 is 2.83 bits per heavy atom. The fraction of sp³-hybridized carbons (Fsp3) is 0.250. The van der Waals surface area contributed by atoms with Crippen LogP contribution in [0.5, 0.6) is 0 Å². The quantitative estimate of drug-likeness (QED) is 0.501. The van der Waals surface area contributed by atoms with E-state index in [2.05, 4.69) is 15.0 Å². The van der Waals surface area contributed by atoms with Crippen molar-refractivity contribution < 1.29 is 13.9 Å². The molecule has 0 radical (unpaired) electrons. The number of aromatic nitrogens is 4. The number of nitrogens with two attached hydrogens (primary N) is 1. The molecule has 3 aromatic rings. The number of hydrogen-bond acceptors (Lipinski definition) is 8.